The van der Waals surface area contributed by atoms with Crippen LogP contribution in [0.3, 0.4) is 0 Å². The summed E-state index contributed by atoms with van der Waals surface area (Å²) in [6.45, 7) is 10.2. The Balaban J connectivity index is 1.44. The fourth-order valence-electron chi connectivity index (χ4n) is 6.01. The quantitative estimate of drug-likeness (QED) is 0.0797. The molecule has 0 saturated heterocycles. The summed E-state index contributed by atoms with van der Waals surface area (Å²) in [7, 11) is -1.02. The molecule has 8 nitrogen and oxygen atoms in total. The minimum atomic E-state index is -2.64. The molecule has 1 atom stereocenters. The van der Waals surface area contributed by atoms with E-state index in [9.17, 15) is 0 Å². The Labute approximate surface area is 285 Å². The number of hydrogen-bond donors (Lipinski definition) is 1. The molecule has 11 heteroatoms. The maximum Gasteiger partial charge on any atom is 0.261 e. The standard InChI is InChI=1S/C34H39ClIN6O2Si/c1-6-13-25(18-19-44-45(34(2,3)4,26-14-9-7-10-15-26)27-16-11-8-12-17-27)40-33-31-30(38-23-39-33)32(36)41-42(31)22-24-21-37-29(35)20-28(24)43-5/h7-12,14-17,20-21,25H,6,13,18-19,22H2,1-5H3,(H,38,39,40)/t25-/m0/s1. The average molecular weight is 754 g/mol. The van der Waals surface area contributed by atoms with Crippen LogP contribution in [0.25, 0.3) is 11.0 Å². The van der Waals surface area contributed by atoms with Crippen molar-refractivity contribution in [3.05, 3.63) is 93.7 Å². The monoisotopic (exact) mass is 753 g/mol. The SMILES string of the molecule is CCC[C@@H](CCO[Si](c1ccccc1)(c1ccccc1)C(C)(C)C)Nc1n[c]nc2c(I)nn(Cc3cnc(Cl)cc3OC)c12. The van der Waals surface area contributed by atoms with Crippen LogP contribution in [0.2, 0.25) is 10.2 Å². The van der Waals surface area contributed by atoms with Gasteiger partial charge in [0.15, 0.2) is 5.82 Å². The number of anilines is 1. The number of methoxy groups -OCH3 is 1. The molecular formula is C34H39ClIN6O2Si. The first-order chi connectivity index (χ1) is 21.7. The summed E-state index contributed by atoms with van der Waals surface area (Å²) in [4.78, 5) is 13.3. The van der Waals surface area contributed by atoms with E-state index in [0.717, 1.165) is 39.6 Å². The molecule has 3 aromatic heterocycles. The van der Waals surface area contributed by atoms with Crippen molar-refractivity contribution in [2.24, 2.45) is 0 Å². The van der Waals surface area contributed by atoms with Crippen molar-refractivity contribution in [2.75, 3.05) is 19.0 Å². The lowest BCUT2D eigenvalue weighted by atomic mass is 10.1. The lowest BCUT2D eigenvalue weighted by Gasteiger charge is -2.43. The highest BCUT2D eigenvalue weighted by Gasteiger charge is 2.50. The van der Waals surface area contributed by atoms with Crippen LogP contribution in [0, 0.1) is 10.0 Å². The second kappa shape index (κ2) is 14.6. The Morgan fingerprint density at radius 1 is 1.02 bits per heavy atom. The molecule has 0 fully saturated rings. The number of fused-ring (bicyclic) bond motifs is 1. The van der Waals surface area contributed by atoms with Gasteiger partial charge in [0.25, 0.3) is 8.32 Å². The number of aromatic nitrogens is 5. The lowest BCUT2D eigenvalue weighted by Crippen LogP contribution is -2.66. The Bertz CT molecular complexity index is 1680. The van der Waals surface area contributed by atoms with E-state index in [2.05, 4.69) is 138 Å². The van der Waals surface area contributed by atoms with Crippen LogP contribution in [0.15, 0.2) is 72.9 Å². The summed E-state index contributed by atoms with van der Waals surface area (Å²) >= 11 is 8.33. The van der Waals surface area contributed by atoms with Gasteiger partial charge in [-0.25, -0.2) is 15.0 Å². The van der Waals surface area contributed by atoms with Gasteiger partial charge in [0.05, 0.1) is 13.7 Å². The van der Waals surface area contributed by atoms with E-state index in [1.165, 1.54) is 10.4 Å². The van der Waals surface area contributed by atoms with Crippen molar-refractivity contribution in [3.63, 3.8) is 0 Å². The van der Waals surface area contributed by atoms with E-state index in [4.69, 9.17) is 25.9 Å². The highest BCUT2D eigenvalue weighted by Crippen LogP contribution is 2.37. The second-order valence-corrected chi connectivity index (χ2v) is 17.8. The normalized spacial score (nSPS) is 12.8. The van der Waals surface area contributed by atoms with Crippen LogP contribution in [0.1, 0.15) is 52.5 Å². The van der Waals surface area contributed by atoms with Crippen molar-refractivity contribution in [2.45, 2.75) is 64.6 Å². The minimum Gasteiger partial charge on any atom is -0.496 e. The second-order valence-electron chi connectivity index (χ2n) is 12.1. The number of hydrogen-bond acceptors (Lipinski definition) is 7. The van der Waals surface area contributed by atoms with Crippen molar-refractivity contribution in [1.82, 2.24) is 24.7 Å². The fourth-order valence-corrected chi connectivity index (χ4v) is 11.4. The van der Waals surface area contributed by atoms with Gasteiger partial charge in [-0.05, 0) is 50.8 Å². The molecule has 5 aromatic rings. The molecule has 235 valence electrons. The van der Waals surface area contributed by atoms with Gasteiger partial charge in [0, 0.05) is 30.5 Å². The van der Waals surface area contributed by atoms with Gasteiger partial charge in [-0.3, -0.25) is 4.68 Å². The van der Waals surface area contributed by atoms with Crippen molar-refractivity contribution >= 4 is 69.7 Å². The van der Waals surface area contributed by atoms with E-state index in [1.807, 2.05) is 4.68 Å². The molecule has 0 amide bonds. The number of rotatable bonds is 13. The predicted molar refractivity (Wildman–Crippen MR) is 192 cm³/mol. The Kier molecular flexibility index (Phi) is 10.8. The predicted octanol–water partition coefficient (Wildman–Crippen LogP) is 6.88. The number of pyridine rings is 1. The summed E-state index contributed by atoms with van der Waals surface area (Å²) in [6.07, 6.45) is 7.33. The average Bonchev–Trinajstić information content (AvgIpc) is 3.36. The number of nitrogens with zero attached hydrogens (tertiary/aromatic N) is 5. The molecule has 0 spiro atoms. The summed E-state index contributed by atoms with van der Waals surface area (Å²) in [5.41, 5.74) is 2.40. The van der Waals surface area contributed by atoms with Crippen molar-refractivity contribution < 1.29 is 9.16 Å². The first kappa shape index (κ1) is 33.3. The van der Waals surface area contributed by atoms with Crippen LogP contribution in [0.5, 0.6) is 5.75 Å². The summed E-state index contributed by atoms with van der Waals surface area (Å²) in [5, 5.41) is 11.4. The third kappa shape index (κ3) is 7.19. The van der Waals surface area contributed by atoms with E-state index in [0.29, 0.717) is 29.9 Å². The molecule has 0 bridgehead atoms. The van der Waals surface area contributed by atoms with Gasteiger partial charge in [0.2, 0.25) is 6.33 Å². The molecule has 5 rings (SSSR count). The molecule has 0 aliphatic carbocycles. The Morgan fingerprint density at radius 3 is 2.29 bits per heavy atom. The Hall–Kier alpha value is -3.06. The van der Waals surface area contributed by atoms with E-state index in [-0.39, 0.29) is 11.1 Å². The van der Waals surface area contributed by atoms with Crippen LogP contribution in [-0.2, 0) is 11.0 Å². The number of halogens is 2. The first-order valence-electron chi connectivity index (χ1n) is 15.2. The smallest absolute Gasteiger partial charge is 0.261 e. The van der Waals surface area contributed by atoms with Crippen LogP contribution >= 0.6 is 34.2 Å². The van der Waals surface area contributed by atoms with Crippen LogP contribution in [0.4, 0.5) is 5.82 Å². The zero-order valence-corrected chi connectivity index (χ0v) is 30.3. The van der Waals surface area contributed by atoms with Gasteiger partial charge in [0.1, 0.15) is 25.6 Å². The van der Waals surface area contributed by atoms with Gasteiger partial charge in [-0.1, -0.05) is 106 Å². The molecule has 2 aromatic carbocycles. The summed E-state index contributed by atoms with van der Waals surface area (Å²) in [6, 6.07) is 23.4. The van der Waals surface area contributed by atoms with Crippen LogP contribution in [-0.4, -0.2) is 52.8 Å². The third-order valence-corrected chi connectivity index (χ3v) is 14.0. The van der Waals surface area contributed by atoms with Gasteiger partial charge >= 0.3 is 0 Å². The summed E-state index contributed by atoms with van der Waals surface area (Å²) in [5.74, 6) is 1.34. The molecule has 1 radical (unpaired) electrons. The van der Waals surface area contributed by atoms with E-state index < -0.39 is 8.32 Å². The van der Waals surface area contributed by atoms with Crippen LogP contribution < -0.4 is 20.4 Å². The summed E-state index contributed by atoms with van der Waals surface area (Å²) < 4.78 is 15.5. The molecule has 45 heavy (non-hydrogen) atoms. The lowest BCUT2D eigenvalue weighted by molar-refractivity contribution is 0.281. The zero-order valence-electron chi connectivity index (χ0n) is 26.3. The van der Waals surface area contributed by atoms with Crippen molar-refractivity contribution in [1.29, 1.82) is 0 Å². The first-order valence-corrected chi connectivity index (χ1v) is 18.5. The maximum absolute atomic E-state index is 7.22. The largest absolute Gasteiger partial charge is 0.496 e. The zero-order chi connectivity index (χ0) is 32.0. The van der Waals surface area contributed by atoms with Gasteiger partial charge in [-0.2, -0.15) is 5.10 Å². The number of ether oxygens (including phenoxy) is 1. The molecular weight excluding hydrogens is 715 g/mol. The number of nitrogens with one attached hydrogen (secondary N) is 1. The molecule has 3 heterocycles. The maximum atomic E-state index is 7.22. The third-order valence-electron chi connectivity index (χ3n) is 8.06. The topological polar surface area (TPSA) is 87.0 Å². The number of benzene rings is 2. The molecule has 0 aliphatic heterocycles. The molecule has 0 aliphatic rings. The molecule has 1 N–H and O–H groups in total. The van der Waals surface area contributed by atoms with E-state index in [1.54, 1.807) is 19.4 Å². The van der Waals surface area contributed by atoms with Crippen molar-refractivity contribution in [3.8, 4) is 5.75 Å². The van der Waals surface area contributed by atoms with Gasteiger partial charge < -0.3 is 14.5 Å². The Morgan fingerprint density at radius 2 is 1.69 bits per heavy atom. The van der Waals surface area contributed by atoms with E-state index >= 15 is 0 Å². The highest BCUT2D eigenvalue weighted by molar-refractivity contribution is 14.1. The highest BCUT2D eigenvalue weighted by atomic mass is 127. The molecule has 0 saturated carbocycles. The fraction of sp³-hybridized carbons (Fsp3) is 0.353. The molecule has 0 unspecified atom stereocenters. The minimum absolute atomic E-state index is 0.0854. The van der Waals surface area contributed by atoms with Gasteiger partial charge in [-0.15, -0.1) is 0 Å².